The van der Waals surface area contributed by atoms with Gasteiger partial charge in [0.25, 0.3) is 0 Å². The second kappa shape index (κ2) is 5.72. The van der Waals surface area contributed by atoms with Gasteiger partial charge in [0.1, 0.15) is 0 Å². The molecule has 0 spiro atoms. The van der Waals surface area contributed by atoms with Crippen molar-refractivity contribution in [2.45, 2.75) is 20.8 Å². The average Bonchev–Trinajstić information content (AvgIpc) is 2.18. The zero-order chi connectivity index (χ0) is 11.3. The number of rotatable bonds is 0. The molecule has 0 saturated carbocycles. The number of hydrogen-bond acceptors (Lipinski definition) is 1. The highest BCUT2D eigenvalue weighted by Gasteiger charge is 1.95. The molecule has 15 heavy (non-hydrogen) atoms. The predicted molar refractivity (Wildman–Crippen MR) is 67.3 cm³/mol. The van der Waals surface area contributed by atoms with Crippen molar-refractivity contribution in [2.24, 2.45) is 5.92 Å². The van der Waals surface area contributed by atoms with Crippen molar-refractivity contribution in [3.8, 4) is 0 Å². The van der Waals surface area contributed by atoms with E-state index >= 15 is 0 Å². The molecule has 2 heteroatoms. The van der Waals surface area contributed by atoms with Gasteiger partial charge in [0.15, 0.2) is 0 Å². The largest absolute Gasteiger partial charge is 0.256 e. The van der Waals surface area contributed by atoms with E-state index in [1.54, 1.807) is 12.3 Å². The Morgan fingerprint density at radius 2 is 1.67 bits per heavy atom. The number of para-hydroxylation sites is 1. The summed E-state index contributed by atoms with van der Waals surface area (Å²) < 4.78 is 0. The van der Waals surface area contributed by atoms with Gasteiger partial charge in [-0.2, -0.15) is 0 Å². The van der Waals surface area contributed by atoms with Crippen molar-refractivity contribution in [1.29, 1.82) is 0 Å². The summed E-state index contributed by atoms with van der Waals surface area (Å²) >= 11 is 5.92. The molecule has 0 N–H and O–H groups in total. The van der Waals surface area contributed by atoms with Crippen LogP contribution in [0.25, 0.3) is 10.9 Å². The lowest BCUT2D eigenvalue weighted by Gasteiger charge is -1.96. The molecular weight excluding hydrogens is 206 g/mol. The van der Waals surface area contributed by atoms with Gasteiger partial charge in [0.2, 0.25) is 0 Å². The first-order chi connectivity index (χ1) is 7.11. The van der Waals surface area contributed by atoms with Gasteiger partial charge in [-0.1, -0.05) is 50.6 Å². The molecule has 0 atom stereocenters. The van der Waals surface area contributed by atoms with Crippen LogP contribution in [0, 0.1) is 5.92 Å². The van der Waals surface area contributed by atoms with Crippen LogP contribution in [0.1, 0.15) is 20.8 Å². The van der Waals surface area contributed by atoms with E-state index in [0.29, 0.717) is 0 Å². The maximum absolute atomic E-state index is 5.92. The van der Waals surface area contributed by atoms with Gasteiger partial charge in [-0.05, 0) is 18.1 Å². The van der Waals surface area contributed by atoms with E-state index < -0.39 is 0 Å². The summed E-state index contributed by atoms with van der Waals surface area (Å²) in [4.78, 5) is 4.16. The summed E-state index contributed by atoms with van der Waals surface area (Å²) in [6, 6.07) is 9.61. The Bertz CT molecular complexity index is 416. The van der Waals surface area contributed by atoms with Gasteiger partial charge in [0.05, 0.1) is 10.5 Å². The summed E-state index contributed by atoms with van der Waals surface area (Å²) in [6.45, 7) is 6.50. The SMILES string of the molecule is CC(C)C.Clc1ccnc2ccccc12. The third kappa shape index (κ3) is 3.88. The highest BCUT2D eigenvalue weighted by atomic mass is 35.5. The molecule has 0 fully saturated rings. The molecule has 0 bridgehead atoms. The smallest absolute Gasteiger partial charge is 0.0716 e. The minimum absolute atomic E-state index is 0.760. The molecular formula is C13H16ClN. The number of pyridine rings is 1. The summed E-state index contributed by atoms with van der Waals surface area (Å²) in [5.74, 6) is 0.833. The Labute approximate surface area is 96.1 Å². The Balaban J connectivity index is 0.000000245. The number of nitrogens with zero attached hydrogens (tertiary/aromatic N) is 1. The van der Waals surface area contributed by atoms with Crippen molar-refractivity contribution >= 4 is 22.5 Å². The van der Waals surface area contributed by atoms with Crippen LogP contribution < -0.4 is 0 Å². The number of halogens is 1. The van der Waals surface area contributed by atoms with Crippen LogP contribution in [0.5, 0.6) is 0 Å². The molecule has 0 amide bonds. The molecule has 0 aliphatic rings. The second-order valence-electron chi connectivity index (χ2n) is 4.04. The predicted octanol–water partition coefficient (Wildman–Crippen LogP) is 4.55. The number of aromatic nitrogens is 1. The zero-order valence-corrected chi connectivity index (χ0v) is 10.1. The van der Waals surface area contributed by atoms with Gasteiger partial charge >= 0.3 is 0 Å². The zero-order valence-electron chi connectivity index (χ0n) is 9.37. The lowest BCUT2D eigenvalue weighted by molar-refractivity contribution is 0.737. The number of benzene rings is 1. The van der Waals surface area contributed by atoms with Crippen LogP contribution in [0.2, 0.25) is 5.02 Å². The third-order valence-electron chi connectivity index (χ3n) is 1.60. The highest BCUT2D eigenvalue weighted by Crippen LogP contribution is 2.19. The van der Waals surface area contributed by atoms with Gasteiger partial charge in [-0.15, -0.1) is 0 Å². The maximum atomic E-state index is 5.92. The van der Waals surface area contributed by atoms with E-state index in [1.165, 1.54) is 0 Å². The van der Waals surface area contributed by atoms with E-state index in [9.17, 15) is 0 Å². The lowest BCUT2D eigenvalue weighted by atomic mass is 10.2. The minimum Gasteiger partial charge on any atom is -0.256 e. The highest BCUT2D eigenvalue weighted by molar-refractivity contribution is 6.35. The van der Waals surface area contributed by atoms with Crippen LogP contribution in [0.3, 0.4) is 0 Å². The molecule has 2 aromatic rings. The van der Waals surface area contributed by atoms with E-state index in [4.69, 9.17) is 11.6 Å². The van der Waals surface area contributed by atoms with Crippen molar-refractivity contribution < 1.29 is 0 Å². The second-order valence-corrected chi connectivity index (χ2v) is 4.45. The van der Waals surface area contributed by atoms with Gasteiger partial charge in [0, 0.05) is 11.6 Å². The normalized spacial score (nSPS) is 9.93. The molecule has 1 heterocycles. The van der Waals surface area contributed by atoms with Crippen LogP contribution in [-0.4, -0.2) is 4.98 Å². The van der Waals surface area contributed by atoms with E-state index in [0.717, 1.165) is 21.8 Å². The van der Waals surface area contributed by atoms with E-state index in [1.807, 2.05) is 24.3 Å². The van der Waals surface area contributed by atoms with Gasteiger partial charge < -0.3 is 0 Å². The summed E-state index contributed by atoms with van der Waals surface area (Å²) in [5, 5.41) is 1.77. The van der Waals surface area contributed by atoms with Crippen molar-refractivity contribution in [1.82, 2.24) is 4.98 Å². The van der Waals surface area contributed by atoms with Crippen LogP contribution >= 0.6 is 11.6 Å². The van der Waals surface area contributed by atoms with Crippen molar-refractivity contribution in [3.05, 3.63) is 41.6 Å². The Kier molecular flexibility index (Phi) is 4.57. The van der Waals surface area contributed by atoms with E-state index in [-0.39, 0.29) is 0 Å². The lowest BCUT2D eigenvalue weighted by Crippen LogP contribution is -1.76. The Morgan fingerprint density at radius 1 is 1.07 bits per heavy atom. The standard InChI is InChI=1S/C9H6ClN.C4H10/c10-8-5-6-11-9-4-2-1-3-7(8)9;1-4(2)3/h1-6H;4H,1-3H3. The van der Waals surface area contributed by atoms with E-state index in [2.05, 4.69) is 25.8 Å². The molecule has 0 radical (unpaired) electrons. The molecule has 0 aliphatic carbocycles. The fraction of sp³-hybridized carbons (Fsp3) is 0.308. The Morgan fingerprint density at radius 3 is 2.27 bits per heavy atom. The van der Waals surface area contributed by atoms with Crippen molar-refractivity contribution in [3.63, 3.8) is 0 Å². The minimum atomic E-state index is 0.760. The maximum Gasteiger partial charge on any atom is 0.0716 e. The molecule has 0 unspecified atom stereocenters. The quantitative estimate of drug-likeness (QED) is 0.636. The monoisotopic (exact) mass is 221 g/mol. The molecule has 1 nitrogen and oxygen atoms in total. The van der Waals surface area contributed by atoms with Crippen LogP contribution in [0.15, 0.2) is 36.5 Å². The Hall–Kier alpha value is -1.08. The van der Waals surface area contributed by atoms with Crippen LogP contribution in [0.4, 0.5) is 0 Å². The fourth-order valence-electron chi connectivity index (χ4n) is 1.06. The molecule has 0 saturated heterocycles. The molecule has 0 aliphatic heterocycles. The molecule has 1 aromatic heterocycles. The average molecular weight is 222 g/mol. The molecule has 1 aromatic carbocycles. The topological polar surface area (TPSA) is 12.9 Å². The van der Waals surface area contributed by atoms with Crippen LogP contribution in [-0.2, 0) is 0 Å². The van der Waals surface area contributed by atoms with Gasteiger partial charge in [-0.3, -0.25) is 4.98 Å². The van der Waals surface area contributed by atoms with Crippen molar-refractivity contribution in [2.75, 3.05) is 0 Å². The number of hydrogen-bond donors (Lipinski definition) is 0. The molecule has 2 rings (SSSR count). The molecule has 80 valence electrons. The fourth-order valence-corrected chi connectivity index (χ4v) is 1.28. The van der Waals surface area contributed by atoms with Gasteiger partial charge in [-0.25, -0.2) is 0 Å². The third-order valence-corrected chi connectivity index (χ3v) is 1.93. The first kappa shape index (κ1) is 12.0. The first-order valence-corrected chi connectivity index (χ1v) is 5.48. The summed E-state index contributed by atoms with van der Waals surface area (Å²) in [6.07, 6.45) is 1.71. The summed E-state index contributed by atoms with van der Waals surface area (Å²) in [7, 11) is 0. The summed E-state index contributed by atoms with van der Waals surface area (Å²) in [5.41, 5.74) is 0.944. The number of fused-ring (bicyclic) bond motifs is 1. The first-order valence-electron chi connectivity index (χ1n) is 5.10.